The van der Waals surface area contributed by atoms with E-state index in [1.807, 2.05) is 0 Å². The van der Waals surface area contributed by atoms with E-state index in [-0.39, 0.29) is 35.3 Å². The number of aliphatic hydroxyl groups is 1. The van der Waals surface area contributed by atoms with E-state index in [2.05, 4.69) is 20.0 Å². The Morgan fingerprint density at radius 2 is 2.00 bits per heavy atom. The summed E-state index contributed by atoms with van der Waals surface area (Å²) in [6.07, 6.45) is -3.87. The number of anilines is 1. The zero-order valence-electron chi connectivity index (χ0n) is 23.3. The van der Waals surface area contributed by atoms with Gasteiger partial charge in [-0.1, -0.05) is 18.2 Å². The second-order valence-corrected chi connectivity index (χ2v) is 11.5. The van der Waals surface area contributed by atoms with Gasteiger partial charge < -0.3 is 29.6 Å². The number of nitrogens with two attached hydrogens (primary N) is 1. The molecule has 0 spiro atoms. The van der Waals surface area contributed by atoms with Crippen molar-refractivity contribution in [2.45, 2.75) is 70.9 Å². The minimum atomic E-state index is -4.31. The van der Waals surface area contributed by atoms with Crippen LogP contribution in [-0.4, -0.2) is 73.8 Å². The molecule has 0 amide bonds. The summed E-state index contributed by atoms with van der Waals surface area (Å²) in [6.45, 7) is 7.43. The smallest absolute Gasteiger partial charge is 0.459 e. The first-order valence-electron chi connectivity index (χ1n) is 13.0. The molecule has 6 atom stereocenters. The predicted molar refractivity (Wildman–Crippen MR) is 145 cm³/mol. The van der Waals surface area contributed by atoms with E-state index in [1.54, 1.807) is 39.0 Å². The highest BCUT2D eigenvalue weighted by atomic mass is 31.2. The van der Waals surface area contributed by atoms with Gasteiger partial charge in [0.1, 0.15) is 23.5 Å². The lowest BCUT2D eigenvalue weighted by atomic mass is 9.98. The summed E-state index contributed by atoms with van der Waals surface area (Å²) in [4.78, 5) is 24.8. The zero-order valence-corrected chi connectivity index (χ0v) is 24.2. The Kier molecular flexibility index (Phi) is 9.14. The average Bonchev–Trinajstić information content (AvgIpc) is 3.41. The number of nitrogens with one attached hydrogen (secondary N) is 1. The van der Waals surface area contributed by atoms with Crippen LogP contribution in [0.5, 0.6) is 11.6 Å². The zero-order chi connectivity index (χ0) is 29.9. The van der Waals surface area contributed by atoms with Crippen LogP contribution in [0.15, 0.2) is 36.7 Å². The van der Waals surface area contributed by atoms with Crippen LogP contribution in [0, 0.1) is 0 Å². The highest BCUT2D eigenvalue weighted by Crippen LogP contribution is 2.48. The van der Waals surface area contributed by atoms with E-state index in [9.17, 15) is 14.5 Å². The van der Waals surface area contributed by atoms with Crippen LogP contribution < -0.4 is 20.1 Å². The van der Waals surface area contributed by atoms with Gasteiger partial charge in [-0.15, -0.1) is 0 Å². The molecular weight excluding hydrogens is 562 g/mol. The fraction of sp³-hybridized carbons (Fsp3) is 0.520. The largest absolute Gasteiger partial charge is 0.476 e. The minimum absolute atomic E-state index is 0.118. The second kappa shape index (κ2) is 12.2. The molecule has 0 aliphatic carbocycles. The summed E-state index contributed by atoms with van der Waals surface area (Å²) < 4.78 is 58.4. The summed E-state index contributed by atoms with van der Waals surface area (Å²) in [5.74, 6) is -0.511. The molecule has 1 aromatic carbocycles. The van der Waals surface area contributed by atoms with Crippen molar-refractivity contribution in [2.24, 2.45) is 0 Å². The summed E-state index contributed by atoms with van der Waals surface area (Å²) >= 11 is 0. The Balaban J connectivity index is 1.56. The van der Waals surface area contributed by atoms with Gasteiger partial charge in [-0.05, 0) is 46.8 Å². The number of carbonyl (C=O) groups is 1. The molecule has 1 fully saturated rings. The number of fused-ring (bicyclic) bond motifs is 1. The number of halogens is 1. The van der Waals surface area contributed by atoms with Gasteiger partial charge in [0.15, 0.2) is 23.6 Å². The number of benzene rings is 1. The monoisotopic (exact) mass is 596 g/mol. The lowest BCUT2D eigenvalue weighted by Gasteiger charge is -2.26. The van der Waals surface area contributed by atoms with E-state index >= 15 is 4.39 Å². The topological polar surface area (TPSA) is 182 Å². The van der Waals surface area contributed by atoms with Crippen molar-refractivity contribution >= 4 is 30.8 Å². The third-order valence-corrected chi connectivity index (χ3v) is 7.71. The number of imidazole rings is 1. The number of hydrogen-bond acceptors (Lipinski definition) is 12. The summed E-state index contributed by atoms with van der Waals surface area (Å²) in [6, 6.07) is 7.00. The van der Waals surface area contributed by atoms with E-state index in [4.69, 9.17) is 29.0 Å². The fourth-order valence-electron chi connectivity index (χ4n) is 4.18. The van der Waals surface area contributed by atoms with Crippen molar-refractivity contribution in [1.29, 1.82) is 0 Å². The molecule has 4 N–H and O–H groups in total. The number of carbonyl (C=O) groups excluding carboxylic acids is 1. The van der Waals surface area contributed by atoms with E-state index in [0.29, 0.717) is 0 Å². The first-order chi connectivity index (χ1) is 19.3. The second-order valence-electron chi connectivity index (χ2n) is 9.83. The first-order valence-corrected chi connectivity index (χ1v) is 14.5. The van der Waals surface area contributed by atoms with Gasteiger partial charge in [-0.3, -0.25) is 13.9 Å². The fourth-order valence-corrected chi connectivity index (χ4v) is 5.68. The van der Waals surface area contributed by atoms with Crippen LogP contribution >= 0.6 is 7.75 Å². The van der Waals surface area contributed by atoms with Crippen molar-refractivity contribution in [3.63, 3.8) is 0 Å². The SMILES string of the molecule is CCOc1nc(N)nc2c1ncn2[C@@H]1O[C@H](COP(=O)(NC(C)C(=O)OC(C)C)Oc2ccccc2)C(F)[C@@]1(C)O. The molecule has 1 aliphatic heterocycles. The molecule has 224 valence electrons. The molecule has 3 heterocycles. The molecule has 14 nitrogen and oxygen atoms in total. The number of nitrogen functional groups attached to an aromatic ring is 1. The molecule has 0 radical (unpaired) electrons. The van der Waals surface area contributed by atoms with Crippen molar-refractivity contribution in [2.75, 3.05) is 18.9 Å². The number of alkyl halides is 1. The molecule has 2 aromatic heterocycles. The van der Waals surface area contributed by atoms with Gasteiger partial charge >= 0.3 is 13.7 Å². The van der Waals surface area contributed by atoms with E-state index < -0.39 is 56.6 Å². The molecule has 4 rings (SSSR count). The number of esters is 1. The predicted octanol–water partition coefficient (Wildman–Crippen LogP) is 2.93. The van der Waals surface area contributed by atoms with Crippen molar-refractivity contribution in [3.8, 4) is 11.6 Å². The Morgan fingerprint density at radius 1 is 1.29 bits per heavy atom. The molecule has 1 aliphatic rings. The Bertz CT molecular complexity index is 1410. The quantitative estimate of drug-likeness (QED) is 0.205. The van der Waals surface area contributed by atoms with Gasteiger partial charge in [-0.25, -0.2) is 13.9 Å². The molecular formula is C25H34FN6O8P. The van der Waals surface area contributed by atoms with Crippen molar-refractivity contribution in [3.05, 3.63) is 36.7 Å². The number of ether oxygens (including phenoxy) is 3. The molecule has 3 unspecified atom stereocenters. The maximum Gasteiger partial charge on any atom is 0.459 e. The Morgan fingerprint density at radius 3 is 2.66 bits per heavy atom. The van der Waals surface area contributed by atoms with Crippen LogP contribution in [0.1, 0.15) is 40.8 Å². The molecule has 0 saturated carbocycles. The third-order valence-electron chi connectivity index (χ3n) is 6.06. The van der Waals surface area contributed by atoms with Gasteiger partial charge in [0.2, 0.25) is 11.8 Å². The third kappa shape index (κ3) is 6.76. The first kappa shape index (κ1) is 30.6. The van der Waals surface area contributed by atoms with Gasteiger partial charge in [0, 0.05) is 0 Å². The van der Waals surface area contributed by atoms with Crippen LogP contribution in [0.4, 0.5) is 10.3 Å². The van der Waals surface area contributed by atoms with Crippen LogP contribution in [0.2, 0.25) is 0 Å². The lowest BCUT2D eigenvalue weighted by molar-refractivity contribution is -0.149. The molecule has 16 heteroatoms. The minimum Gasteiger partial charge on any atom is -0.476 e. The highest BCUT2D eigenvalue weighted by molar-refractivity contribution is 7.52. The number of rotatable bonds is 12. The van der Waals surface area contributed by atoms with Gasteiger partial charge in [0.05, 0.1) is 25.6 Å². The maximum atomic E-state index is 15.6. The Labute approximate surface area is 235 Å². The molecule has 1 saturated heterocycles. The van der Waals surface area contributed by atoms with E-state index in [0.717, 1.165) is 0 Å². The molecule has 3 aromatic rings. The normalized spacial score (nSPS) is 24.7. The summed E-state index contributed by atoms with van der Waals surface area (Å²) in [5.41, 5.74) is 4.12. The van der Waals surface area contributed by atoms with Crippen molar-refractivity contribution < 1.29 is 42.1 Å². The average molecular weight is 597 g/mol. The Hall–Kier alpha value is -3.36. The molecule has 0 bridgehead atoms. The highest BCUT2D eigenvalue weighted by Gasteiger charge is 2.55. The lowest BCUT2D eigenvalue weighted by Crippen LogP contribution is -2.42. The van der Waals surface area contributed by atoms with Crippen LogP contribution in [0.25, 0.3) is 11.2 Å². The number of para-hydroxylation sites is 1. The number of hydrogen-bond donors (Lipinski definition) is 3. The summed E-state index contributed by atoms with van der Waals surface area (Å²) in [5, 5.41) is 13.7. The number of nitrogens with zero attached hydrogens (tertiary/aromatic N) is 4. The summed E-state index contributed by atoms with van der Waals surface area (Å²) in [7, 11) is -4.31. The van der Waals surface area contributed by atoms with Gasteiger partial charge in [-0.2, -0.15) is 15.1 Å². The standard InChI is InChI=1S/C25H34FN6O8P/c1-6-36-21-18-20(29-24(27)30-21)32(13-28-18)23-25(5,34)19(26)17(39-23)12-37-41(35,40-16-10-8-7-9-11-16)31-15(4)22(33)38-14(2)3/h7-11,13-15,17,19,23,34H,6,12H2,1-5H3,(H,31,35)(H2,27,29,30)/t15?,17-,19?,23-,25-,41?/m1/s1. The van der Waals surface area contributed by atoms with Crippen molar-refractivity contribution in [1.82, 2.24) is 24.6 Å². The van der Waals surface area contributed by atoms with Gasteiger partial charge in [0.25, 0.3) is 0 Å². The van der Waals surface area contributed by atoms with Crippen LogP contribution in [-0.2, 0) is 23.4 Å². The maximum absolute atomic E-state index is 15.6. The number of aromatic nitrogens is 4. The molecule has 41 heavy (non-hydrogen) atoms. The van der Waals surface area contributed by atoms with E-state index in [1.165, 1.54) is 36.9 Å². The van der Waals surface area contributed by atoms with Crippen LogP contribution in [0.3, 0.4) is 0 Å².